The molecule has 2 saturated heterocycles. The predicted octanol–water partition coefficient (Wildman–Crippen LogP) is 1.90. The van der Waals surface area contributed by atoms with E-state index >= 15 is 0 Å². The first-order valence-electron chi connectivity index (χ1n) is 9.35. The maximum atomic E-state index is 13.2. The van der Waals surface area contributed by atoms with Crippen molar-refractivity contribution in [2.24, 2.45) is 0 Å². The van der Waals surface area contributed by atoms with E-state index in [0.717, 1.165) is 6.42 Å². The SMILES string of the molecule is CC1CCC2(CN([C@H](c3ncccn3)[C@@H](C)O)C2=O)N1C(=O)OC(C)(C)C. The van der Waals surface area contributed by atoms with Crippen LogP contribution in [0.2, 0.25) is 0 Å². The molecule has 0 aromatic carbocycles. The van der Waals surface area contributed by atoms with E-state index in [2.05, 4.69) is 9.97 Å². The number of carbonyl (C=O) groups is 2. The van der Waals surface area contributed by atoms with E-state index in [1.54, 1.807) is 35.2 Å². The molecular weight excluding hydrogens is 348 g/mol. The summed E-state index contributed by atoms with van der Waals surface area (Å²) in [4.78, 5) is 37.6. The molecule has 2 aliphatic heterocycles. The summed E-state index contributed by atoms with van der Waals surface area (Å²) in [6, 6.07) is 0.968. The fourth-order valence-electron chi connectivity index (χ4n) is 4.05. The molecule has 0 aliphatic carbocycles. The van der Waals surface area contributed by atoms with Gasteiger partial charge in [-0.3, -0.25) is 9.69 Å². The summed E-state index contributed by atoms with van der Waals surface area (Å²) in [5, 5.41) is 10.3. The van der Waals surface area contributed by atoms with Crippen LogP contribution in [0.5, 0.6) is 0 Å². The number of rotatable bonds is 3. The molecule has 8 nitrogen and oxygen atoms in total. The average Bonchev–Trinajstić information content (AvgIpc) is 2.93. The fourth-order valence-corrected chi connectivity index (χ4v) is 4.05. The van der Waals surface area contributed by atoms with E-state index < -0.39 is 29.4 Å². The van der Waals surface area contributed by atoms with Gasteiger partial charge in [-0.2, -0.15) is 0 Å². The van der Waals surface area contributed by atoms with Crippen molar-refractivity contribution in [3.63, 3.8) is 0 Å². The Hall–Kier alpha value is -2.22. The molecule has 1 spiro atoms. The van der Waals surface area contributed by atoms with Crippen molar-refractivity contribution >= 4 is 12.0 Å². The van der Waals surface area contributed by atoms with Gasteiger partial charge < -0.3 is 14.7 Å². The molecule has 8 heteroatoms. The third-order valence-electron chi connectivity index (χ3n) is 5.20. The maximum Gasteiger partial charge on any atom is 0.411 e. The molecular formula is C19H28N4O4. The number of hydrogen-bond acceptors (Lipinski definition) is 6. The van der Waals surface area contributed by atoms with E-state index in [4.69, 9.17) is 4.74 Å². The zero-order valence-corrected chi connectivity index (χ0v) is 16.5. The molecule has 1 N–H and O–H groups in total. The molecule has 2 amide bonds. The molecule has 0 radical (unpaired) electrons. The van der Waals surface area contributed by atoms with Gasteiger partial charge in [0.05, 0.1) is 12.6 Å². The Morgan fingerprint density at radius 2 is 2.00 bits per heavy atom. The first-order valence-corrected chi connectivity index (χ1v) is 9.35. The molecule has 0 saturated carbocycles. The van der Waals surface area contributed by atoms with Crippen molar-refractivity contribution < 1.29 is 19.4 Å². The second-order valence-electron chi connectivity index (χ2n) is 8.50. The summed E-state index contributed by atoms with van der Waals surface area (Å²) < 4.78 is 5.54. The molecule has 1 aromatic heterocycles. The van der Waals surface area contributed by atoms with Crippen molar-refractivity contribution in [2.45, 2.75) is 76.8 Å². The zero-order chi connectivity index (χ0) is 20.0. The molecule has 3 rings (SSSR count). The molecule has 3 heterocycles. The standard InChI is InChI=1S/C19H28N4O4/c1-12-7-8-19(23(12)17(26)27-18(3,4)5)11-22(16(19)25)14(13(2)24)15-20-9-6-10-21-15/h6,9-10,12-14,24H,7-8,11H2,1-5H3/t12?,13-,14+,19?/m1/s1. The number of nitrogens with zero attached hydrogens (tertiary/aromatic N) is 4. The van der Waals surface area contributed by atoms with Gasteiger partial charge in [-0.25, -0.2) is 14.8 Å². The summed E-state index contributed by atoms with van der Waals surface area (Å²) >= 11 is 0. The fraction of sp³-hybridized carbons (Fsp3) is 0.684. The molecule has 2 fully saturated rings. The van der Waals surface area contributed by atoms with Gasteiger partial charge >= 0.3 is 6.09 Å². The minimum absolute atomic E-state index is 0.0797. The third kappa shape index (κ3) is 3.38. The average molecular weight is 376 g/mol. The van der Waals surface area contributed by atoms with Gasteiger partial charge in [0, 0.05) is 18.4 Å². The summed E-state index contributed by atoms with van der Waals surface area (Å²) in [5.74, 6) is 0.210. The van der Waals surface area contributed by atoms with Crippen LogP contribution >= 0.6 is 0 Å². The van der Waals surface area contributed by atoms with Crippen LogP contribution in [-0.2, 0) is 9.53 Å². The van der Waals surface area contributed by atoms with Gasteiger partial charge in [-0.05, 0) is 53.5 Å². The van der Waals surface area contributed by atoms with Crippen LogP contribution < -0.4 is 0 Å². The van der Waals surface area contributed by atoms with Crippen LogP contribution in [0.3, 0.4) is 0 Å². The lowest BCUT2D eigenvalue weighted by Gasteiger charge is -2.54. The van der Waals surface area contributed by atoms with E-state index in [1.165, 1.54) is 0 Å². The molecule has 1 aromatic rings. The Kier molecular flexibility index (Phi) is 4.88. The molecule has 148 valence electrons. The third-order valence-corrected chi connectivity index (χ3v) is 5.20. The van der Waals surface area contributed by atoms with Crippen LogP contribution in [0.1, 0.15) is 59.3 Å². The Balaban J connectivity index is 1.84. The molecule has 0 bridgehead atoms. The Morgan fingerprint density at radius 3 is 2.52 bits per heavy atom. The second kappa shape index (κ2) is 6.74. The second-order valence-corrected chi connectivity index (χ2v) is 8.50. The highest BCUT2D eigenvalue weighted by molar-refractivity contribution is 5.96. The summed E-state index contributed by atoms with van der Waals surface area (Å²) in [6.45, 7) is 9.31. The van der Waals surface area contributed by atoms with Gasteiger partial charge in [0.1, 0.15) is 17.2 Å². The topological polar surface area (TPSA) is 95.9 Å². The molecule has 27 heavy (non-hydrogen) atoms. The van der Waals surface area contributed by atoms with Crippen LogP contribution in [0.15, 0.2) is 18.5 Å². The van der Waals surface area contributed by atoms with E-state index in [-0.39, 0.29) is 11.9 Å². The normalized spacial score (nSPS) is 27.5. The Labute approximate surface area is 159 Å². The van der Waals surface area contributed by atoms with E-state index in [9.17, 15) is 14.7 Å². The first kappa shape index (κ1) is 19.5. The monoisotopic (exact) mass is 376 g/mol. The van der Waals surface area contributed by atoms with Gasteiger partial charge in [-0.1, -0.05) is 0 Å². The lowest BCUT2D eigenvalue weighted by molar-refractivity contribution is -0.170. The molecule has 2 unspecified atom stereocenters. The number of aliphatic hydroxyl groups is 1. The van der Waals surface area contributed by atoms with Gasteiger partial charge in [0.2, 0.25) is 0 Å². The summed E-state index contributed by atoms with van der Waals surface area (Å²) in [6.07, 6.45) is 3.20. The van der Waals surface area contributed by atoms with E-state index in [1.807, 2.05) is 27.7 Å². The number of ether oxygens (including phenoxy) is 1. The molecule has 2 aliphatic rings. The smallest absolute Gasteiger partial charge is 0.411 e. The van der Waals surface area contributed by atoms with Crippen LogP contribution in [0.25, 0.3) is 0 Å². The first-order chi connectivity index (χ1) is 12.6. The Morgan fingerprint density at radius 1 is 1.37 bits per heavy atom. The highest BCUT2D eigenvalue weighted by atomic mass is 16.6. The van der Waals surface area contributed by atoms with Gasteiger partial charge in [0.15, 0.2) is 5.82 Å². The number of amides is 2. The minimum Gasteiger partial charge on any atom is -0.444 e. The largest absolute Gasteiger partial charge is 0.444 e. The number of hydrogen-bond donors (Lipinski definition) is 1. The number of likely N-dealkylation sites (tertiary alicyclic amines) is 2. The predicted molar refractivity (Wildman–Crippen MR) is 97.7 cm³/mol. The number of β-lactam (4-membered cyclic amide) rings is 1. The van der Waals surface area contributed by atoms with E-state index in [0.29, 0.717) is 18.8 Å². The summed E-state index contributed by atoms with van der Waals surface area (Å²) in [5.41, 5.74) is -1.53. The van der Waals surface area contributed by atoms with Gasteiger partial charge in [0.25, 0.3) is 5.91 Å². The van der Waals surface area contributed by atoms with Crippen molar-refractivity contribution in [3.05, 3.63) is 24.3 Å². The van der Waals surface area contributed by atoms with Crippen molar-refractivity contribution in [2.75, 3.05) is 6.54 Å². The van der Waals surface area contributed by atoms with Crippen LogP contribution in [-0.4, -0.2) is 66.7 Å². The van der Waals surface area contributed by atoms with Crippen molar-refractivity contribution in [3.8, 4) is 0 Å². The Bertz CT molecular complexity index is 718. The van der Waals surface area contributed by atoms with Crippen LogP contribution in [0.4, 0.5) is 4.79 Å². The zero-order valence-electron chi connectivity index (χ0n) is 16.5. The highest BCUT2D eigenvalue weighted by Crippen LogP contribution is 2.46. The van der Waals surface area contributed by atoms with Gasteiger partial charge in [-0.15, -0.1) is 0 Å². The summed E-state index contributed by atoms with van der Waals surface area (Å²) in [7, 11) is 0. The number of carbonyl (C=O) groups excluding carboxylic acids is 2. The van der Waals surface area contributed by atoms with Crippen molar-refractivity contribution in [1.82, 2.24) is 19.8 Å². The van der Waals surface area contributed by atoms with Crippen LogP contribution in [0, 0.1) is 0 Å². The quantitative estimate of drug-likeness (QED) is 0.810. The number of aliphatic hydroxyl groups excluding tert-OH is 1. The molecule has 4 atom stereocenters. The highest BCUT2D eigenvalue weighted by Gasteiger charge is 2.64. The lowest BCUT2D eigenvalue weighted by Crippen LogP contribution is -2.74. The lowest BCUT2D eigenvalue weighted by atomic mass is 9.83. The number of aromatic nitrogens is 2. The maximum absolute atomic E-state index is 13.2. The minimum atomic E-state index is -0.899. The van der Waals surface area contributed by atoms with Crippen molar-refractivity contribution in [1.29, 1.82) is 0 Å².